The van der Waals surface area contributed by atoms with Gasteiger partial charge in [0.2, 0.25) is 0 Å². The van der Waals surface area contributed by atoms with Crippen molar-refractivity contribution >= 4 is 27.4 Å². The van der Waals surface area contributed by atoms with Crippen LogP contribution in [0.5, 0.6) is 0 Å². The second-order valence-corrected chi connectivity index (χ2v) is 9.01. The van der Waals surface area contributed by atoms with Crippen LogP contribution in [-0.2, 0) is 19.4 Å². The largest absolute Gasteiger partial charge is 0.465 e. The third-order valence-corrected chi connectivity index (χ3v) is 7.34. The number of hydrogen-bond acceptors (Lipinski definition) is 5. The minimum absolute atomic E-state index is 0.0236. The van der Waals surface area contributed by atoms with Crippen molar-refractivity contribution in [3.05, 3.63) is 64.7 Å². The Bertz CT molecular complexity index is 1010. The van der Waals surface area contributed by atoms with Gasteiger partial charge in [-0.3, -0.25) is 4.79 Å². The van der Waals surface area contributed by atoms with Gasteiger partial charge >= 0.3 is 5.97 Å². The van der Waals surface area contributed by atoms with Crippen molar-refractivity contribution in [3.63, 3.8) is 0 Å². The Kier molecular flexibility index (Phi) is 5.02. The van der Waals surface area contributed by atoms with Crippen LogP contribution in [0.1, 0.15) is 24.0 Å². The Hall–Kier alpha value is -2.36. The van der Waals surface area contributed by atoms with Crippen molar-refractivity contribution in [1.82, 2.24) is 0 Å². The fraction of sp³-hybridized carbons (Fsp3) is 0.300. The second kappa shape index (κ2) is 6.99. The Morgan fingerprint density at radius 3 is 2.30 bits per heavy atom. The summed E-state index contributed by atoms with van der Waals surface area (Å²) in [5.41, 5.74) is -0.142. The molecule has 0 heterocycles. The number of hydrogen-bond donors (Lipinski definition) is 0. The first-order valence-corrected chi connectivity index (χ1v) is 10.4. The van der Waals surface area contributed by atoms with E-state index in [2.05, 4.69) is 0 Å². The summed E-state index contributed by atoms with van der Waals surface area (Å²) in [6.45, 7) is 3.59. The fourth-order valence-electron chi connectivity index (χ4n) is 3.43. The van der Waals surface area contributed by atoms with Crippen molar-refractivity contribution in [2.45, 2.75) is 29.9 Å². The molecule has 0 spiro atoms. The molecule has 0 unspecified atom stereocenters. The van der Waals surface area contributed by atoms with Gasteiger partial charge in [-0.1, -0.05) is 41.4 Å². The van der Waals surface area contributed by atoms with E-state index in [0.29, 0.717) is 10.6 Å². The number of halogens is 1. The lowest BCUT2D eigenvalue weighted by molar-refractivity contribution is -0.147. The molecule has 3 rings (SSSR count). The molecule has 0 amide bonds. The van der Waals surface area contributed by atoms with Crippen LogP contribution < -0.4 is 0 Å². The van der Waals surface area contributed by atoms with Crippen molar-refractivity contribution in [3.8, 4) is 6.07 Å². The first kappa shape index (κ1) is 19.4. The molecule has 0 aromatic heterocycles. The predicted octanol–water partition coefficient (Wildman–Crippen LogP) is 3.66. The van der Waals surface area contributed by atoms with Gasteiger partial charge in [-0.25, -0.2) is 8.42 Å². The molecule has 1 saturated carbocycles. The molecule has 0 saturated heterocycles. The summed E-state index contributed by atoms with van der Waals surface area (Å²) in [7, 11) is -3.95. The Morgan fingerprint density at radius 1 is 1.19 bits per heavy atom. The van der Waals surface area contributed by atoms with E-state index in [1.54, 1.807) is 19.1 Å². The highest BCUT2D eigenvalue weighted by Gasteiger charge is 2.77. The minimum Gasteiger partial charge on any atom is -0.465 e. The van der Waals surface area contributed by atoms with Gasteiger partial charge in [0.25, 0.3) is 0 Å². The first-order chi connectivity index (χ1) is 12.8. The molecule has 7 heteroatoms. The number of rotatable bonds is 5. The van der Waals surface area contributed by atoms with Crippen molar-refractivity contribution in [2.75, 3.05) is 6.61 Å². The smallest absolute Gasteiger partial charge is 0.328 e. The second-order valence-electron chi connectivity index (χ2n) is 6.51. The van der Waals surface area contributed by atoms with Gasteiger partial charge < -0.3 is 4.74 Å². The number of esters is 1. The van der Waals surface area contributed by atoms with E-state index in [-0.39, 0.29) is 11.5 Å². The topological polar surface area (TPSA) is 84.2 Å². The monoisotopic (exact) mass is 403 g/mol. The maximum Gasteiger partial charge on any atom is 0.328 e. The van der Waals surface area contributed by atoms with Gasteiger partial charge in [-0.05, 0) is 43.7 Å². The lowest BCUT2D eigenvalue weighted by atomic mass is 10.00. The van der Waals surface area contributed by atoms with E-state index in [0.717, 1.165) is 5.56 Å². The van der Waals surface area contributed by atoms with Crippen LogP contribution in [0, 0.1) is 23.7 Å². The lowest BCUT2D eigenvalue weighted by Crippen LogP contribution is -2.25. The molecule has 0 aliphatic heterocycles. The first-order valence-electron chi connectivity index (χ1n) is 8.43. The quantitative estimate of drug-likeness (QED) is 0.711. The molecule has 140 valence electrons. The van der Waals surface area contributed by atoms with Crippen LogP contribution >= 0.6 is 11.6 Å². The minimum atomic E-state index is -3.95. The summed E-state index contributed by atoms with van der Waals surface area (Å²) in [4.78, 5) is 12.6. The van der Waals surface area contributed by atoms with Crippen molar-refractivity contribution in [2.24, 2.45) is 5.41 Å². The molecule has 2 aromatic carbocycles. The van der Waals surface area contributed by atoms with Gasteiger partial charge in [0.15, 0.2) is 15.3 Å². The summed E-state index contributed by atoms with van der Waals surface area (Å²) in [6, 6.07) is 14.8. The molecule has 1 aliphatic rings. The number of benzene rings is 2. The third kappa shape index (κ3) is 3.11. The highest BCUT2D eigenvalue weighted by molar-refractivity contribution is 7.92. The van der Waals surface area contributed by atoms with Gasteiger partial charge in [0.05, 0.1) is 17.6 Å². The maximum atomic E-state index is 13.2. The van der Waals surface area contributed by atoms with Crippen LogP contribution in [0.15, 0.2) is 53.4 Å². The van der Waals surface area contributed by atoms with Crippen LogP contribution in [0.4, 0.5) is 0 Å². The van der Waals surface area contributed by atoms with E-state index >= 15 is 0 Å². The van der Waals surface area contributed by atoms with Crippen LogP contribution in [0.25, 0.3) is 0 Å². The molecule has 27 heavy (non-hydrogen) atoms. The van der Waals surface area contributed by atoms with E-state index in [1.807, 2.05) is 25.1 Å². The number of ether oxygens (including phenoxy) is 1. The number of aryl methyl sites for hydroxylation is 1. The molecule has 0 N–H and O–H groups in total. The summed E-state index contributed by atoms with van der Waals surface area (Å²) in [6.07, 6.45) is 0. The van der Waals surface area contributed by atoms with Crippen molar-refractivity contribution in [1.29, 1.82) is 5.26 Å². The zero-order chi connectivity index (χ0) is 19.8. The van der Waals surface area contributed by atoms with Crippen LogP contribution in [-0.4, -0.2) is 26.2 Å². The highest BCUT2D eigenvalue weighted by atomic mass is 35.5. The average Bonchev–Trinajstić information content (AvgIpc) is 3.34. The normalized spacial score (nSPS) is 24.1. The molecule has 2 aromatic rings. The summed E-state index contributed by atoms with van der Waals surface area (Å²) in [5, 5.41) is 9.02. The molecule has 3 atom stereocenters. The number of sulfone groups is 1. The fourth-order valence-corrected chi connectivity index (χ4v) is 5.81. The van der Waals surface area contributed by atoms with Crippen LogP contribution in [0.3, 0.4) is 0 Å². The van der Waals surface area contributed by atoms with E-state index < -0.39 is 32.4 Å². The van der Waals surface area contributed by atoms with Crippen LogP contribution in [0.2, 0.25) is 5.02 Å². The SMILES string of the molecule is CCOC(=O)[C@@]1(C#N)[C@@H](c2ccc(C)cc2)[C@@H]1S(=O)(=O)c1ccc(Cl)cc1. The van der Waals surface area contributed by atoms with Gasteiger partial charge in [0, 0.05) is 10.9 Å². The standard InChI is InChI=1S/C20H18ClNO4S/c1-3-26-19(23)20(12-22)17(14-6-4-13(2)5-7-14)18(20)27(24,25)16-10-8-15(21)9-11-16/h4-11,17-18H,3H2,1-2H3/t17-,18-,20-/m0/s1. The average molecular weight is 404 g/mol. The lowest BCUT2D eigenvalue weighted by Gasteiger charge is -2.09. The highest BCUT2D eigenvalue weighted by Crippen LogP contribution is 2.64. The van der Waals surface area contributed by atoms with E-state index in [4.69, 9.17) is 16.3 Å². The zero-order valence-corrected chi connectivity index (χ0v) is 16.4. The molecule has 5 nitrogen and oxygen atoms in total. The van der Waals surface area contributed by atoms with Crippen molar-refractivity contribution < 1.29 is 17.9 Å². The third-order valence-electron chi connectivity index (χ3n) is 4.84. The van der Waals surface area contributed by atoms with E-state index in [1.165, 1.54) is 24.3 Å². The summed E-state index contributed by atoms with van der Waals surface area (Å²) < 4.78 is 31.5. The Labute approximate surface area is 163 Å². The zero-order valence-electron chi connectivity index (χ0n) is 14.8. The maximum absolute atomic E-state index is 13.2. The molecular weight excluding hydrogens is 386 g/mol. The summed E-state index contributed by atoms with van der Waals surface area (Å²) >= 11 is 5.85. The molecule has 1 aliphatic carbocycles. The van der Waals surface area contributed by atoms with Gasteiger partial charge in [-0.15, -0.1) is 0 Å². The molecule has 0 bridgehead atoms. The molecular formula is C20H18ClNO4S. The summed E-state index contributed by atoms with van der Waals surface area (Å²) in [5.74, 6) is -1.59. The number of nitrogens with zero attached hydrogens (tertiary/aromatic N) is 1. The Balaban J connectivity index is 2.12. The number of carbonyl (C=O) groups is 1. The number of carbonyl (C=O) groups excluding carboxylic acids is 1. The molecule has 1 fully saturated rings. The van der Waals surface area contributed by atoms with Gasteiger partial charge in [0.1, 0.15) is 5.25 Å². The Morgan fingerprint density at radius 2 is 1.78 bits per heavy atom. The predicted molar refractivity (Wildman–Crippen MR) is 101 cm³/mol. The number of nitriles is 1. The van der Waals surface area contributed by atoms with Gasteiger partial charge in [-0.2, -0.15) is 5.26 Å². The van der Waals surface area contributed by atoms with E-state index in [9.17, 15) is 18.5 Å². The molecule has 0 radical (unpaired) electrons.